The van der Waals surface area contributed by atoms with Crippen LogP contribution in [0, 0.1) is 23.7 Å². The van der Waals surface area contributed by atoms with Gasteiger partial charge in [-0.3, -0.25) is 14.3 Å². The predicted molar refractivity (Wildman–Crippen MR) is 189 cm³/mol. The van der Waals surface area contributed by atoms with Crippen molar-refractivity contribution in [3.05, 3.63) is 0 Å². The van der Waals surface area contributed by atoms with Gasteiger partial charge in [0.05, 0.1) is 47.6 Å². The largest absolute Gasteiger partial charge is 0.459 e. The molecule has 3 aliphatic rings. The Labute approximate surface area is 308 Å². The average Bonchev–Trinajstić information content (AvgIpc) is 3.05. The maximum Gasteiger partial charge on any atom is 0.311 e. The summed E-state index contributed by atoms with van der Waals surface area (Å²) in [5, 5.41) is 57.6. The number of nitrogens with zero attached hydrogens (tertiary/aromatic N) is 1. The molecule has 3 heterocycles. The summed E-state index contributed by atoms with van der Waals surface area (Å²) in [5.41, 5.74) is -4.84. The van der Waals surface area contributed by atoms with Crippen molar-refractivity contribution in [1.29, 1.82) is 0 Å². The van der Waals surface area contributed by atoms with E-state index in [2.05, 4.69) is 0 Å². The maximum absolute atomic E-state index is 14.1. The van der Waals surface area contributed by atoms with Gasteiger partial charge in [-0.25, -0.2) is 0 Å². The van der Waals surface area contributed by atoms with Gasteiger partial charge in [-0.1, -0.05) is 27.7 Å². The second-order valence-corrected chi connectivity index (χ2v) is 16.5. The first-order valence-corrected chi connectivity index (χ1v) is 18.5. The van der Waals surface area contributed by atoms with Gasteiger partial charge < -0.3 is 58.9 Å². The standard InChI is InChI=1S/C37H67NO13.FH/c1-14-25-37(10,45)30(41)20(4)27(39)18(2)16-35(8,44)32(51-34-28(40)24(38(11)12)15-19(3)47-34)21(5)29(22(6)33(43)49-25)50-26-17-36(9,46-13)31(42)23(7)48-26;/h18-26,28-32,34,40-42,44-45H,14-17H2,1-13H3;1H/t18-,19-,20+,21-,22-,23+,24+,25-,26+,28-,29+,30+,31+,32-,34+,35-,36-,37-;/m1./s1. The molecule has 52 heavy (non-hydrogen) atoms. The molecule has 0 aliphatic carbocycles. The summed E-state index contributed by atoms with van der Waals surface area (Å²) >= 11 is 0. The zero-order valence-electron chi connectivity index (χ0n) is 33.3. The summed E-state index contributed by atoms with van der Waals surface area (Å²) in [4.78, 5) is 29.8. The number of ether oxygens (including phenoxy) is 6. The number of cyclic esters (lactones) is 1. The Hall–Kier alpha value is -1.37. The molecule has 0 aromatic rings. The molecule has 0 radical (unpaired) electrons. The average molecular weight is 754 g/mol. The Balaban J connectivity index is 0.00000936. The second-order valence-electron chi connectivity index (χ2n) is 16.5. The van der Waals surface area contributed by atoms with Crippen LogP contribution in [0.15, 0.2) is 0 Å². The van der Waals surface area contributed by atoms with Gasteiger partial charge in [-0.15, -0.1) is 0 Å². The lowest BCUT2D eigenvalue weighted by Gasteiger charge is -2.49. The zero-order chi connectivity index (χ0) is 39.0. The highest BCUT2D eigenvalue weighted by atomic mass is 19.0. The van der Waals surface area contributed by atoms with E-state index < -0.39 is 108 Å². The molecule has 0 spiro atoms. The Morgan fingerprint density at radius 2 is 1.48 bits per heavy atom. The summed E-state index contributed by atoms with van der Waals surface area (Å²) in [6.45, 7) is 16.3. The molecule has 3 saturated heterocycles. The van der Waals surface area contributed by atoms with Crippen molar-refractivity contribution in [1.82, 2.24) is 4.90 Å². The Kier molecular flexibility index (Phi) is 16.2. The molecule has 0 aromatic carbocycles. The van der Waals surface area contributed by atoms with Gasteiger partial charge in [-0.05, 0) is 74.9 Å². The Morgan fingerprint density at radius 3 is 2.02 bits per heavy atom. The molecule has 18 atom stereocenters. The van der Waals surface area contributed by atoms with Crippen molar-refractivity contribution >= 4 is 11.8 Å². The van der Waals surface area contributed by atoms with E-state index in [1.54, 1.807) is 41.5 Å². The molecule has 0 unspecified atom stereocenters. The van der Waals surface area contributed by atoms with E-state index in [0.717, 1.165) is 0 Å². The lowest BCUT2D eigenvalue weighted by molar-refractivity contribution is -0.318. The van der Waals surface area contributed by atoms with Gasteiger partial charge in [0, 0.05) is 37.3 Å². The van der Waals surface area contributed by atoms with Gasteiger partial charge in [0.25, 0.3) is 0 Å². The number of Topliss-reactive ketones (excluding diaryl/α,β-unsaturated/α-hetero) is 1. The minimum atomic E-state index is -1.99. The first-order valence-electron chi connectivity index (χ1n) is 18.5. The van der Waals surface area contributed by atoms with E-state index in [0.29, 0.717) is 6.42 Å². The Bertz CT molecular complexity index is 1170. The van der Waals surface area contributed by atoms with Crippen molar-refractivity contribution in [3.8, 4) is 0 Å². The highest BCUT2D eigenvalue weighted by molar-refractivity contribution is 5.83. The Morgan fingerprint density at radius 1 is 0.885 bits per heavy atom. The van der Waals surface area contributed by atoms with Crippen LogP contribution in [0.4, 0.5) is 4.70 Å². The van der Waals surface area contributed by atoms with Crippen LogP contribution in [0.25, 0.3) is 0 Å². The van der Waals surface area contributed by atoms with Gasteiger partial charge >= 0.3 is 5.97 Å². The molecular formula is C37H68FNO13. The number of rotatable bonds is 7. The number of aliphatic hydroxyl groups excluding tert-OH is 3. The van der Waals surface area contributed by atoms with E-state index in [9.17, 15) is 35.1 Å². The minimum Gasteiger partial charge on any atom is -0.459 e. The molecule has 15 heteroatoms. The third-order valence-corrected chi connectivity index (χ3v) is 11.8. The van der Waals surface area contributed by atoms with Crippen molar-refractivity contribution in [3.63, 3.8) is 0 Å². The number of halogens is 1. The van der Waals surface area contributed by atoms with E-state index in [4.69, 9.17) is 28.4 Å². The topological polar surface area (TPSA) is 194 Å². The number of methoxy groups -OCH3 is 1. The van der Waals surface area contributed by atoms with Crippen LogP contribution >= 0.6 is 0 Å². The van der Waals surface area contributed by atoms with Gasteiger partial charge in [0.15, 0.2) is 12.6 Å². The number of aliphatic hydroxyl groups is 5. The second kappa shape index (κ2) is 18.1. The molecule has 3 rings (SSSR count). The van der Waals surface area contributed by atoms with E-state index in [1.807, 2.05) is 25.9 Å². The van der Waals surface area contributed by atoms with Crippen molar-refractivity contribution in [2.45, 2.75) is 179 Å². The van der Waals surface area contributed by atoms with Crippen LogP contribution in [-0.2, 0) is 38.0 Å². The minimum absolute atomic E-state index is 0. The van der Waals surface area contributed by atoms with Crippen LogP contribution in [0.5, 0.6) is 0 Å². The number of hydrogen-bond donors (Lipinski definition) is 5. The van der Waals surface area contributed by atoms with Crippen molar-refractivity contribution < 1.29 is 68.2 Å². The van der Waals surface area contributed by atoms with Crippen molar-refractivity contribution in [2.75, 3.05) is 21.2 Å². The lowest BCUT2D eigenvalue weighted by Crippen LogP contribution is -2.61. The molecule has 0 aromatic heterocycles. The quantitative estimate of drug-likeness (QED) is 0.237. The van der Waals surface area contributed by atoms with Crippen LogP contribution in [-0.4, -0.2) is 148 Å². The molecule has 0 saturated carbocycles. The summed E-state index contributed by atoms with van der Waals surface area (Å²) in [5.74, 6) is -4.98. The highest BCUT2D eigenvalue weighted by Crippen LogP contribution is 2.40. The van der Waals surface area contributed by atoms with Crippen LogP contribution in [0.1, 0.15) is 94.9 Å². The molecule has 3 fully saturated rings. The molecule has 306 valence electrons. The normalized spacial score (nSPS) is 48.8. The van der Waals surface area contributed by atoms with Crippen LogP contribution in [0.2, 0.25) is 0 Å². The number of hydrogen-bond acceptors (Lipinski definition) is 14. The summed E-state index contributed by atoms with van der Waals surface area (Å²) < 4.78 is 37.1. The van der Waals surface area contributed by atoms with E-state index in [1.165, 1.54) is 27.9 Å². The summed E-state index contributed by atoms with van der Waals surface area (Å²) in [6.07, 6.45) is -9.71. The zero-order valence-corrected chi connectivity index (χ0v) is 33.3. The fourth-order valence-corrected chi connectivity index (χ4v) is 8.41. The fourth-order valence-electron chi connectivity index (χ4n) is 8.41. The number of carbonyl (C=O) groups excluding carboxylic acids is 2. The van der Waals surface area contributed by atoms with Crippen LogP contribution < -0.4 is 0 Å². The molecule has 5 N–H and O–H groups in total. The highest BCUT2D eigenvalue weighted by Gasteiger charge is 2.53. The molecule has 0 amide bonds. The number of esters is 1. The smallest absolute Gasteiger partial charge is 0.311 e. The van der Waals surface area contributed by atoms with Gasteiger partial charge in [0.1, 0.15) is 29.7 Å². The first-order chi connectivity index (χ1) is 23.4. The van der Waals surface area contributed by atoms with Crippen LogP contribution in [0.3, 0.4) is 0 Å². The summed E-state index contributed by atoms with van der Waals surface area (Å²) in [7, 11) is 5.18. The molecule has 3 aliphatic heterocycles. The SMILES string of the molecule is CC[C@H]1OC(=O)[C@H](C)[C@@H](O[C@H]2C[C@@](C)(OC)[C@@H](O)[C@H](C)O2)[C@@H](C)[C@@H](O[C@@H]2O[C@H](C)C[C@H](N(C)C)[C@H]2O)[C@](C)(O)C[C@@H](C)C(=O)[C@H](C)[C@H](O)[C@]1(C)O.F. The van der Waals surface area contributed by atoms with E-state index in [-0.39, 0.29) is 36.1 Å². The molecular weight excluding hydrogens is 685 g/mol. The first kappa shape index (κ1) is 46.8. The lowest BCUT2D eigenvalue weighted by atomic mass is 9.74. The van der Waals surface area contributed by atoms with Gasteiger partial charge in [-0.2, -0.15) is 0 Å². The third kappa shape index (κ3) is 9.89. The molecule has 14 nitrogen and oxygen atoms in total. The van der Waals surface area contributed by atoms with E-state index >= 15 is 0 Å². The maximum atomic E-state index is 14.1. The molecule has 0 bridgehead atoms. The third-order valence-electron chi connectivity index (χ3n) is 11.8. The number of likely N-dealkylation sites (N-methyl/N-ethyl adjacent to an activating group) is 1. The number of ketones is 1. The fraction of sp³-hybridized carbons (Fsp3) is 0.946. The van der Waals surface area contributed by atoms with Gasteiger partial charge in [0.2, 0.25) is 0 Å². The van der Waals surface area contributed by atoms with Crippen molar-refractivity contribution in [2.24, 2.45) is 23.7 Å². The predicted octanol–water partition coefficient (Wildman–Crippen LogP) is 1.94. The monoisotopic (exact) mass is 753 g/mol. The number of carbonyl (C=O) groups is 2. The summed E-state index contributed by atoms with van der Waals surface area (Å²) in [6, 6.07) is -0.324.